The molecule has 2 aromatic heterocycles. The molecule has 0 bridgehead atoms. The number of nitrogens with zero attached hydrogens (tertiary/aromatic N) is 2. The summed E-state index contributed by atoms with van der Waals surface area (Å²) in [7, 11) is -4.25. The monoisotopic (exact) mass is 241 g/mol. The summed E-state index contributed by atoms with van der Waals surface area (Å²) in [5.74, 6) is 0.0601. The minimum absolute atomic E-state index is 0.0601. The highest BCUT2D eigenvalue weighted by atomic mass is 32.2. The van der Waals surface area contributed by atoms with E-state index in [4.69, 9.17) is 4.55 Å². The van der Waals surface area contributed by atoms with E-state index in [2.05, 4.69) is 15.0 Å². The number of hydrogen-bond acceptors (Lipinski definition) is 4. The van der Waals surface area contributed by atoms with Crippen LogP contribution in [-0.4, -0.2) is 27.9 Å². The Morgan fingerprint density at radius 3 is 2.75 bits per heavy atom. The van der Waals surface area contributed by atoms with Gasteiger partial charge in [0.15, 0.2) is 10.6 Å². The van der Waals surface area contributed by atoms with Crippen LogP contribution in [0.15, 0.2) is 18.5 Å². The van der Waals surface area contributed by atoms with Crippen molar-refractivity contribution in [3.63, 3.8) is 0 Å². The SMILES string of the molecule is CC(C)(c1ncc2cc[nH]c2n1)S(=O)(=O)O. The van der Waals surface area contributed by atoms with Gasteiger partial charge in [-0.25, -0.2) is 9.97 Å². The van der Waals surface area contributed by atoms with E-state index in [1.807, 2.05) is 0 Å². The Hall–Kier alpha value is -1.47. The Labute approximate surface area is 92.5 Å². The molecule has 16 heavy (non-hydrogen) atoms. The highest BCUT2D eigenvalue weighted by Crippen LogP contribution is 2.26. The molecule has 2 N–H and O–H groups in total. The van der Waals surface area contributed by atoms with Crippen LogP contribution in [0.2, 0.25) is 0 Å². The third-order valence-electron chi connectivity index (χ3n) is 2.48. The van der Waals surface area contributed by atoms with Crippen molar-refractivity contribution in [2.75, 3.05) is 0 Å². The Bertz CT molecular complexity index is 630. The number of nitrogens with one attached hydrogen (secondary N) is 1. The molecule has 2 heterocycles. The lowest BCUT2D eigenvalue weighted by atomic mass is 10.2. The van der Waals surface area contributed by atoms with Crippen LogP contribution in [0.4, 0.5) is 0 Å². The van der Waals surface area contributed by atoms with Gasteiger partial charge < -0.3 is 4.98 Å². The van der Waals surface area contributed by atoms with Crippen LogP contribution in [0.3, 0.4) is 0 Å². The molecule has 7 heteroatoms. The van der Waals surface area contributed by atoms with Gasteiger partial charge in [0, 0.05) is 17.8 Å². The molecule has 0 spiro atoms. The quantitative estimate of drug-likeness (QED) is 0.767. The van der Waals surface area contributed by atoms with E-state index in [0.29, 0.717) is 5.65 Å². The Kier molecular flexibility index (Phi) is 2.25. The average Bonchev–Trinajstić information content (AvgIpc) is 2.61. The van der Waals surface area contributed by atoms with Gasteiger partial charge in [-0.05, 0) is 19.9 Å². The molecule has 0 unspecified atom stereocenters. The van der Waals surface area contributed by atoms with Gasteiger partial charge in [-0.15, -0.1) is 0 Å². The van der Waals surface area contributed by atoms with Gasteiger partial charge in [-0.2, -0.15) is 8.42 Å². The van der Waals surface area contributed by atoms with Crippen molar-refractivity contribution in [1.29, 1.82) is 0 Å². The van der Waals surface area contributed by atoms with Gasteiger partial charge in [0.1, 0.15) is 5.65 Å². The molecule has 2 rings (SSSR count). The fraction of sp³-hybridized carbons (Fsp3) is 0.333. The zero-order chi connectivity index (χ0) is 12.0. The van der Waals surface area contributed by atoms with Crippen molar-refractivity contribution >= 4 is 21.2 Å². The van der Waals surface area contributed by atoms with Crippen molar-refractivity contribution in [2.24, 2.45) is 0 Å². The summed E-state index contributed by atoms with van der Waals surface area (Å²) < 4.78 is 30.0. The van der Waals surface area contributed by atoms with Gasteiger partial charge in [0.05, 0.1) is 0 Å². The van der Waals surface area contributed by atoms with Crippen LogP contribution < -0.4 is 0 Å². The summed E-state index contributed by atoms with van der Waals surface area (Å²) in [4.78, 5) is 10.9. The molecule has 0 aliphatic heterocycles. The fourth-order valence-corrected chi connectivity index (χ4v) is 1.57. The normalized spacial score (nSPS) is 13.2. The van der Waals surface area contributed by atoms with Gasteiger partial charge in [-0.1, -0.05) is 0 Å². The second kappa shape index (κ2) is 3.26. The molecule has 0 aliphatic rings. The zero-order valence-corrected chi connectivity index (χ0v) is 9.61. The summed E-state index contributed by atoms with van der Waals surface area (Å²) in [6.07, 6.45) is 3.20. The standard InChI is InChI=1S/C9H11N3O3S/c1-9(2,16(13,14)15)8-11-5-6-3-4-10-7(6)12-8/h3-5H,1-2H3,(H,10,11,12)(H,13,14,15). The second-order valence-corrected chi connectivity index (χ2v) is 5.93. The molecule has 6 nitrogen and oxygen atoms in total. The minimum atomic E-state index is -4.25. The van der Waals surface area contributed by atoms with Gasteiger partial charge in [0.25, 0.3) is 10.1 Å². The summed E-state index contributed by atoms with van der Waals surface area (Å²) in [5.41, 5.74) is 0.543. The van der Waals surface area contributed by atoms with Crippen LogP contribution in [0.25, 0.3) is 11.0 Å². The topological polar surface area (TPSA) is 95.9 Å². The highest BCUT2D eigenvalue weighted by Gasteiger charge is 2.37. The van der Waals surface area contributed by atoms with Gasteiger partial charge in [0.2, 0.25) is 0 Å². The van der Waals surface area contributed by atoms with Crippen molar-refractivity contribution in [3.05, 3.63) is 24.3 Å². The molecular formula is C9H11N3O3S. The maximum Gasteiger partial charge on any atom is 0.277 e. The highest BCUT2D eigenvalue weighted by molar-refractivity contribution is 7.86. The number of H-pyrrole nitrogens is 1. The van der Waals surface area contributed by atoms with E-state index in [1.54, 1.807) is 12.3 Å². The number of aromatic nitrogens is 3. The zero-order valence-electron chi connectivity index (χ0n) is 8.80. The van der Waals surface area contributed by atoms with Crippen LogP contribution >= 0.6 is 0 Å². The van der Waals surface area contributed by atoms with Gasteiger partial charge >= 0.3 is 0 Å². The summed E-state index contributed by atoms with van der Waals surface area (Å²) in [6.45, 7) is 2.71. The second-order valence-electron chi connectivity index (χ2n) is 3.96. The first kappa shape index (κ1) is 11.0. The first-order valence-electron chi connectivity index (χ1n) is 4.60. The molecule has 2 aromatic rings. The number of rotatable bonds is 2. The largest absolute Gasteiger partial charge is 0.346 e. The van der Waals surface area contributed by atoms with E-state index >= 15 is 0 Å². The first-order valence-corrected chi connectivity index (χ1v) is 6.04. The summed E-state index contributed by atoms with van der Waals surface area (Å²) in [6, 6.07) is 1.78. The van der Waals surface area contributed by atoms with Crippen LogP contribution in [0.5, 0.6) is 0 Å². The molecule has 0 saturated carbocycles. The van der Waals surface area contributed by atoms with E-state index in [9.17, 15) is 8.42 Å². The smallest absolute Gasteiger partial charge is 0.277 e. The lowest BCUT2D eigenvalue weighted by Gasteiger charge is -2.18. The Morgan fingerprint density at radius 2 is 2.12 bits per heavy atom. The van der Waals surface area contributed by atoms with E-state index in [-0.39, 0.29) is 5.82 Å². The molecule has 0 radical (unpaired) electrons. The number of aromatic amines is 1. The number of hydrogen-bond donors (Lipinski definition) is 2. The predicted octanol–water partition coefficient (Wildman–Crippen LogP) is 1.08. The predicted molar refractivity (Wildman–Crippen MR) is 58.5 cm³/mol. The summed E-state index contributed by atoms with van der Waals surface area (Å²) in [5, 5.41) is 0.787. The van der Waals surface area contributed by atoms with Crippen LogP contribution in [0.1, 0.15) is 19.7 Å². The summed E-state index contributed by atoms with van der Waals surface area (Å²) >= 11 is 0. The van der Waals surface area contributed by atoms with Gasteiger partial charge in [-0.3, -0.25) is 4.55 Å². The molecular weight excluding hydrogens is 230 g/mol. The lowest BCUT2D eigenvalue weighted by molar-refractivity contribution is 0.439. The first-order chi connectivity index (χ1) is 7.32. The maximum absolute atomic E-state index is 11.2. The number of fused-ring (bicyclic) bond motifs is 1. The minimum Gasteiger partial charge on any atom is -0.346 e. The molecule has 0 aromatic carbocycles. The van der Waals surface area contributed by atoms with Crippen molar-refractivity contribution in [2.45, 2.75) is 18.6 Å². The molecule has 0 amide bonds. The molecule has 86 valence electrons. The molecule has 0 aliphatic carbocycles. The third-order valence-corrected chi connectivity index (χ3v) is 3.96. The fourth-order valence-electron chi connectivity index (χ4n) is 1.24. The third kappa shape index (κ3) is 1.57. The molecule has 0 saturated heterocycles. The maximum atomic E-state index is 11.2. The molecule has 0 atom stereocenters. The van der Waals surface area contributed by atoms with E-state index in [0.717, 1.165) is 5.39 Å². The molecule has 0 fully saturated rings. The van der Waals surface area contributed by atoms with Crippen molar-refractivity contribution < 1.29 is 13.0 Å². The Balaban J connectivity index is 2.63. The van der Waals surface area contributed by atoms with Crippen molar-refractivity contribution in [1.82, 2.24) is 15.0 Å². The average molecular weight is 241 g/mol. The van der Waals surface area contributed by atoms with Crippen LogP contribution in [-0.2, 0) is 14.9 Å². The van der Waals surface area contributed by atoms with Crippen LogP contribution in [0, 0.1) is 0 Å². The Morgan fingerprint density at radius 1 is 1.44 bits per heavy atom. The van der Waals surface area contributed by atoms with E-state index in [1.165, 1.54) is 20.0 Å². The van der Waals surface area contributed by atoms with Crippen molar-refractivity contribution in [3.8, 4) is 0 Å². The lowest BCUT2D eigenvalue weighted by Crippen LogP contribution is -2.30. The van der Waals surface area contributed by atoms with E-state index < -0.39 is 14.9 Å².